The van der Waals surface area contributed by atoms with Crippen molar-refractivity contribution in [3.63, 3.8) is 0 Å². The highest BCUT2D eigenvalue weighted by Gasteiger charge is 2.31. The van der Waals surface area contributed by atoms with Gasteiger partial charge in [-0.3, -0.25) is 14.2 Å². The van der Waals surface area contributed by atoms with E-state index in [2.05, 4.69) is 15.9 Å². The van der Waals surface area contributed by atoms with Crippen LogP contribution in [0.5, 0.6) is 0 Å². The molecular formula is C20H24BrF2N3O4. The van der Waals surface area contributed by atoms with Crippen molar-refractivity contribution in [3.05, 3.63) is 66.4 Å². The van der Waals surface area contributed by atoms with Gasteiger partial charge in [0.05, 0.1) is 12.5 Å². The molecule has 1 aromatic carbocycles. The summed E-state index contributed by atoms with van der Waals surface area (Å²) in [6.45, 7) is 7.45. The van der Waals surface area contributed by atoms with E-state index >= 15 is 0 Å². The van der Waals surface area contributed by atoms with Crippen molar-refractivity contribution in [1.29, 1.82) is 0 Å². The van der Waals surface area contributed by atoms with Crippen molar-refractivity contribution in [2.45, 2.75) is 52.9 Å². The molecule has 30 heavy (non-hydrogen) atoms. The SMILES string of the molecule is Cc1c(Br)c(=O)n(C(N)C(C)C(=O)OC(C)(C)C)c(=O)n1Cc1c(F)cccc1F. The summed E-state index contributed by atoms with van der Waals surface area (Å²) >= 11 is 3.12. The minimum Gasteiger partial charge on any atom is -0.460 e. The van der Waals surface area contributed by atoms with Crippen molar-refractivity contribution >= 4 is 21.9 Å². The van der Waals surface area contributed by atoms with Gasteiger partial charge in [0.2, 0.25) is 0 Å². The van der Waals surface area contributed by atoms with E-state index in [4.69, 9.17) is 10.5 Å². The van der Waals surface area contributed by atoms with E-state index in [1.54, 1.807) is 20.8 Å². The molecule has 2 atom stereocenters. The van der Waals surface area contributed by atoms with Crippen molar-refractivity contribution in [3.8, 4) is 0 Å². The summed E-state index contributed by atoms with van der Waals surface area (Å²) in [7, 11) is 0. The standard InChI is InChI=1S/C20H24BrF2N3O4/c1-10(18(28)30-20(3,4)5)16(24)26-17(27)15(21)11(2)25(19(26)29)9-12-13(22)7-6-8-14(12)23/h6-8,10,16H,9,24H2,1-5H3. The number of benzene rings is 1. The fourth-order valence-electron chi connectivity index (χ4n) is 2.79. The van der Waals surface area contributed by atoms with E-state index in [-0.39, 0.29) is 15.7 Å². The van der Waals surface area contributed by atoms with Gasteiger partial charge in [0.1, 0.15) is 27.9 Å². The lowest BCUT2D eigenvalue weighted by Crippen LogP contribution is -2.49. The highest BCUT2D eigenvalue weighted by atomic mass is 79.9. The van der Waals surface area contributed by atoms with Gasteiger partial charge in [-0.2, -0.15) is 0 Å². The zero-order valence-corrected chi connectivity index (χ0v) is 18.9. The number of aromatic nitrogens is 2. The lowest BCUT2D eigenvalue weighted by atomic mass is 10.1. The Kier molecular flexibility index (Phi) is 7.03. The molecule has 0 spiro atoms. The average Bonchev–Trinajstić information content (AvgIpc) is 2.63. The second-order valence-corrected chi connectivity index (χ2v) is 8.75. The van der Waals surface area contributed by atoms with Gasteiger partial charge in [-0.25, -0.2) is 18.1 Å². The van der Waals surface area contributed by atoms with Crippen LogP contribution in [0.15, 0.2) is 32.3 Å². The third-order valence-electron chi connectivity index (χ3n) is 4.53. The van der Waals surface area contributed by atoms with Gasteiger partial charge >= 0.3 is 11.7 Å². The number of carbonyl (C=O) groups excluding carboxylic acids is 1. The maximum absolute atomic E-state index is 14.1. The van der Waals surface area contributed by atoms with Crippen molar-refractivity contribution in [2.75, 3.05) is 0 Å². The Morgan fingerprint density at radius 1 is 1.23 bits per heavy atom. The first kappa shape index (κ1) is 23.9. The molecule has 2 aromatic rings. The molecule has 164 valence electrons. The third kappa shape index (κ3) is 4.86. The smallest absolute Gasteiger partial charge is 0.332 e. The van der Waals surface area contributed by atoms with Gasteiger partial charge in [-0.15, -0.1) is 0 Å². The lowest BCUT2D eigenvalue weighted by Gasteiger charge is -2.26. The van der Waals surface area contributed by atoms with Gasteiger partial charge < -0.3 is 10.5 Å². The first-order valence-electron chi connectivity index (χ1n) is 9.19. The minimum absolute atomic E-state index is 0.00862. The number of carbonyl (C=O) groups is 1. The predicted octanol–water partition coefficient (Wildman–Crippen LogP) is 2.84. The van der Waals surface area contributed by atoms with Crippen LogP contribution in [-0.2, 0) is 16.1 Å². The number of nitrogens with zero attached hydrogens (tertiary/aromatic N) is 2. The number of nitrogens with two attached hydrogens (primary N) is 1. The third-order valence-corrected chi connectivity index (χ3v) is 5.45. The molecule has 0 amide bonds. The van der Waals surface area contributed by atoms with Crippen LogP contribution in [0, 0.1) is 24.5 Å². The minimum atomic E-state index is -1.35. The van der Waals surface area contributed by atoms with E-state index in [9.17, 15) is 23.2 Å². The number of esters is 1. The molecule has 0 aliphatic rings. The zero-order chi connectivity index (χ0) is 23.0. The fraction of sp³-hybridized carbons (Fsp3) is 0.450. The van der Waals surface area contributed by atoms with Crippen LogP contribution < -0.4 is 17.0 Å². The first-order chi connectivity index (χ1) is 13.8. The second-order valence-electron chi connectivity index (χ2n) is 7.96. The van der Waals surface area contributed by atoms with Crippen LogP contribution >= 0.6 is 15.9 Å². The number of rotatable bonds is 5. The largest absolute Gasteiger partial charge is 0.460 e. The van der Waals surface area contributed by atoms with E-state index in [1.165, 1.54) is 19.9 Å². The molecule has 0 bridgehead atoms. The molecule has 0 saturated heterocycles. The fourth-order valence-corrected chi connectivity index (χ4v) is 3.19. The number of hydrogen-bond acceptors (Lipinski definition) is 5. The Balaban J connectivity index is 2.58. The Morgan fingerprint density at radius 2 is 1.77 bits per heavy atom. The molecule has 1 heterocycles. The van der Waals surface area contributed by atoms with Crippen LogP contribution in [-0.4, -0.2) is 20.7 Å². The molecular weight excluding hydrogens is 464 g/mol. The molecule has 2 unspecified atom stereocenters. The second kappa shape index (κ2) is 8.81. The van der Waals surface area contributed by atoms with Crippen molar-refractivity contribution in [1.82, 2.24) is 9.13 Å². The monoisotopic (exact) mass is 487 g/mol. The van der Waals surface area contributed by atoms with Crippen LogP contribution in [0.25, 0.3) is 0 Å². The molecule has 0 fully saturated rings. The molecule has 0 aliphatic heterocycles. The molecule has 10 heteroatoms. The van der Waals surface area contributed by atoms with Gasteiger partial charge in [-0.1, -0.05) is 6.07 Å². The van der Waals surface area contributed by atoms with Crippen molar-refractivity contribution < 1.29 is 18.3 Å². The summed E-state index contributed by atoms with van der Waals surface area (Å²) in [5.41, 5.74) is 3.47. The van der Waals surface area contributed by atoms with Gasteiger partial charge in [0, 0.05) is 11.3 Å². The van der Waals surface area contributed by atoms with E-state index in [0.29, 0.717) is 4.57 Å². The number of halogens is 3. The summed E-state index contributed by atoms with van der Waals surface area (Å²) in [5, 5.41) is 0. The van der Waals surface area contributed by atoms with Crippen LogP contribution in [0.2, 0.25) is 0 Å². The maximum Gasteiger partial charge on any atom is 0.332 e. The summed E-state index contributed by atoms with van der Waals surface area (Å²) in [5.74, 6) is -3.39. The van der Waals surface area contributed by atoms with E-state index < -0.39 is 53.1 Å². The van der Waals surface area contributed by atoms with Gasteiger partial charge in [0.15, 0.2) is 0 Å². The Bertz CT molecular complexity index is 1070. The molecule has 0 saturated carbocycles. The summed E-state index contributed by atoms with van der Waals surface area (Å²) in [6, 6.07) is 3.35. The summed E-state index contributed by atoms with van der Waals surface area (Å²) in [4.78, 5) is 38.2. The van der Waals surface area contributed by atoms with E-state index in [1.807, 2.05) is 0 Å². The maximum atomic E-state index is 14.1. The molecule has 0 radical (unpaired) electrons. The van der Waals surface area contributed by atoms with E-state index in [0.717, 1.165) is 16.7 Å². The highest BCUT2D eigenvalue weighted by Crippen LogP contribution is 2.19. The predicted molar refractivity (Wildman–Crippen MR) is 111 cm³/mol. The molecule has 1 aromatic heterocycles. The normalized spacial score (nSPS) is 13.8. The Hall–Kier alpha value is -2.33. The first-order valence-corrected chi connectivity index (χ1v) is 9.98. The van der Waals surface area contributed by atoms with Crippen LogP contribution in [0.1, 0.15) is 45.1 Å². The summed E-state index contributed by atoms with van der Waals surface area (Å²) < 4.78 is 35.2. The zero-order valence-electron chi connectivity index (χ0n) is 17.3. The molecule has 2 rings (SSSR count). The van der Waals surface area contributed by atoms with Gasteiger partial charge in [-0.05, 0) is 62.7 Å². The van der Waals surface area contributed by atoms with Crippen LogP contribution in [0.3, 0.4) is 0 Å². The molecule has 7 nitrogen and oxygen atoms in total. The summed E-state index contributed by atoms with van der Waals surface area (Å²) in [6.07, 6.45) is -1.35. The Labute approximate surface area is 180 Å². The average molecular weight is 488 g/mol. The lowest BCUT2D eigenvalue weighted by molar-refractivity contribution is -0.161. The quantitative estimate of drug-likeness (QED) is 0.654. The van der Waals surface area contributed by atoms with Gasteiger partial charge in [0.25, 0.3) is 5.56 Å². The number of hydrogen-bond donors (Lipinski definition) is 1. The molecule has 0 aliphatic carbocycles. The van der Waals surface area contributed by atoms with Crippen LogP contribution in [0.4, 0.5) is 8.78 Å². The Morgan fingerprint density at radius 3 is 2.27 bits per heavy atom. The molecule has 2 N–H and O–H groups in total. The highest BCUT2D eigenvalue weighted by molar-refractivity contribution is 9.10. The van der Waals surface area contributed by atoms with Crippen molar-refractivity contribution in [2.24, 2.45) is 11.7 Å². The number of ether oxygens (including phenoxy) is 1. The topological polar surface area (TPSA) is 96.3 Å².